The molecule has 0 bridgehead atoms. The highest BCUT2D eigenvalue weighted by Gasteiger charge is 2.15. The SMILES string of the molecule is COc1ccccc1C(C#N)CCOc1c(C)cccc1C. The van der Waals surface area contributed by atoms with Gasteiger partial charge in [0.1, 0.15) is 11.5 Å². The predicted octanol–water partition coefficient (Wildman–Crippen LogP) is 4.39. The van der Waals surface area contributed by atoms with E-state index in [2.05, 4.69) is 6.07 Å². The second-order valence-electron chi connectivity index (χ2n) is 5.28. The number of rotatable bonds is 6. The highest BCUT2D eigenvalue weighted by atomic mass is 16.5. The van der Waals surface area contributed by atoms with Crippen molar-refractivity contribution >= 4 is 0 Å². The predicted molar refractivity (Wildman–Crippen MR) is 87.4 cm³/mol. The lowest BCUT2D eigenvalue weighted by Crippen LogP contribution is -2.07. The fourth-order valence-electron chi connectivity index (χ4n) is 2.55. The van der Waals surface area contributed by atoms with E-state index in [9.17, 15) is 5.26 Å². The van der Waals surface area contributed by atoms with E-state index in [0.717, 1.165) is 28.2 Å². The summed E-state index contributed by atoms with van der Waals surface area (Å²) in [4.78, 5) is 0. The van der Waals surface area contributed by atoms with Crippen LogP contribution in [0.2, 0.25) is 0 Å². The van der Waals surface area contributed by atoms with Crippen molar-refractivity contribution in [2.45, 2.75) is 26.2 Å². The number of nitrogens with zero attached hydrogens (tertiary/aromatic N) is 1. The molecule has 2 aromatic carbocycles. The molecule has 0 aliphatic carbocycles. The normalized spacial score (nSPS) is 11.5. The van der Waals surface area contributed by atoms with Crippen LogP contribution in [0.1, 0.15) is 29.0 Å². The van der Waals surface area contributed by atoms with Crippen LogP contribution in [-0.2, 0) is 0 Å². The first-order valence-corrected chi connectivity index (χ1v) is 7.39. The number of nitriles is 1. The smallest absolute Gasteiger partial charge is 0.125 e. The van der Waals surface area contributed by atoms with Crippen LogP contribution >= 0.6 is 0 Å². The maximum atomic E-state index is 9.44. The Balaban J connectivity index is 2.05. The van der Waals surface area contributed by atoms with E-state index in [1.807, 2.05) is 56.3 Å². The van der Waals surface area contributed by atoms with Gasteiger partial charge in [-0.1, -0.05) is 36.4 Å². The van der Waals surface area contributed by atoms with Crippen molar-refractivity contribution in [3.8, 4) is 17.6 Å². The molecule has 0 radical (unpaired) electrons. The Labute approximate surface area is 132 Å². The molecule has 3 heteroatoms. The van der Waals surface area contributed by atoms with Crippen LogP contribution in [0.4, 0.5) is 0 Å². The fourth-order valence-corrected chi connectivity index (χ4v) is 2.55. The number of hydrogen-bond donors (Lipinski definition) is 0. The van der Waals surface area contributed by atoms with Crippen molar-refractivity contribution in [2.75, 3.05) is 13.7 Å². The summed E-state index contributed by atoms with van der Waals surface area (Å²) < 4.78 is 11.2. The van der Waals surface area contributed by atoms with E-state index in [0.29, 0.717) is 13.0 Å². The summed E-state index contributed by atoms with van der Waals surface area (Å²) in [6.07, 6.45) is 0.630. The largest absolute Gasteiger partial charge is 0.496 e. The Morgan fingerprint density at radius 1 is 1.05 bits per heavy atom. The summed E-state index contributed by atoms with van der Waals surface area (Å²) in [7, 11) is 1.63. The van der Waals surface area contributed by atoms with Gasteiger partial charge in [0.2, 0.25) is 0 Å². The molecule has 0 aliphatic heterocycles. The zero-order valence-corrected chi connectivity index (χ0v) is 13.3. The van der Waals surface area contributed by atoms with Crippen molar-refractivity contribution < 1.29 is 9.47 Å². The maximum Gasteiger partial charge on any atom is 0.125 e. The van der Waals surface area contributed by atoms with Gasteiger partial charge >= 0.3 is 0 Å². The molecule has 2 aromatic rings. The molecule has 0 spiro atoms. The van der Waals surface area contributed by atoms with E-state index in [-0.39, 0.29) is 5.92 Å². The molecule has 0 heterocycles. The highest BCUT2D eigenvalue weighted by molar-refractivity contribution is 5.40. The summed E-state index contributed by atoms with van der Waals surface area (Å²) in [5, 5.41) is 9.44. The molecule has 1 atom stereocenters. The van der Waals surface area contributed by atoms with Crippen LogP contribution in [0.15, 0.2) is 42.5 Å². The molecule has 0 N–H and O–H groups in total. The van der Waals surface area contributed by atoms with Gasteiger partial charge in [-0.3, -0.25) is 0 Å². The summed E-state index contributed by atoms with van der Waals surface area (Å²) in [6, 6.07) is 16.1. The van der Waals surface area contributed by atoms with E-state index >= 15 is 0 Å². The Morgan fingerprint density at radius 2 is 1.73 bits per heavy atom. The standard InChI is InChI=1S/C19H21NO2/c1-14-7-6-8-15(2)19(14)22-12-11-16(13-20)17-9-4-5-10-18(17)21-3/h4-10,16H,11-12H2,1-3H3. The lowest BCUT2D eigenvalue weighted by molar-refractivity contribution is 0.300. The lowest BCUT2D eigenvalue weighted by atomic mass is 9.96. The lowest BCUT2D eigenvalue weighted by Gasteiger charge is -2.15. The molecule has 114 valence electrons. The summed E-state index contributed by atoms with van der Waals surface area (Å²) in [5.41, 5.74) is 3.15. The van der Waals surface area contributed by atoms with Crippen molar-refractivity contribution in [3.05, 3.63) is 59.2 Å². The third-order valence-electron chi connectivity index (χ3n) is 3.73. The first-order chi connectivity index (χ1) is 10.7. The van der Waals surface area contributed by atoms with E-state index in [1.54, 1.807) is 7.11 Å². The summed E-state index contributed by atoms with van der Waals surface area (Å²) in [6.45, 7) is 4.57. The van der Waals surface area contributed by atoms with Crippen LogP contribution in [-0.4, -0.2) is 13.7 Å². The molecule has 3 nitrogen and oxygen atoms in total. The summed E-state index contributed by atoms with van der Waals surface area (Å²) in [5.74, 6) is 1.43. The zero-order chi connectivity index (χ0) is 15.9. The zero-order valence-electron chi connectivity index (χ0n) is 13.3. The second kappa shape index (κ2) is 7.51. The Morgan fingerprint density at radius 3 is 2.36 bits per heavy atom. The first kappa shape index (κ1) is 15.9. The molecule has 0 saturated carbocycles. The minimum absolute atomic E-state index is 0.236. The molecular formula is C19H21NO2. The van der Waals surface area contributed by atoms with Gasteiger partial charge in [-0.25, -0.2) is 0 Å². The van der Waals surface area contributed by atoms with E-state index in [1.165, 1.54) is 0 Å². The van der Waals surface area contributed by atoms with Crippen molar-refractivity contribution in [3.63, 3.8) is 0 Å². The molecule has 1 unspecified atom stereocenters. The van der Waals surface area contributed by atoms with Gasteiger partial charge in [0.05, 0.1) is 25.7 Å². The minimum atomic E-state index is -0.236. The van der Waals surface area contributed by atoms with Gasteiger partial charge in [-0.05, 0) is 31.0 Å². The molecule has 22 heavy (non-hydrogen) atoms. The Kier molecular flexibility index (Phi) is 5.43. The van der Waals surface area contributed by atoms with Crippen molar-refractivity contribution in [2.24, 2.45) is 0 Å². The fraction of sp³-hybridized carbons (Fsp3) is 0.316. The quantitative estimate of drug-likeness (QED) is 0.793. The maximum absolute atomic E-state index is 9.44. The first-order valence-electron chi connectivity index (χ1n) is 7.39. The van der Waals surface area contributed by atoms with Crippen LogP contribution in [0.25, 0.3) is 0 Å². The molecule has 0 aliphatic rings. The number of hydrogen-bond acceptors (Lipinski definition) is 3. The molecule has 0 amide bonds. The average molecular weight is 295 g/mol. The van der Waals surface area contributed by atoms with Gasteiger partial charge in [0.15, 0.2) is 0 Å². The monoisotopic (exact) mass is 295 g/mol. The number of para-hydroxylation sites is 2. The van der Waals surface area contributed by atoms with E-state index in [4.69, 9.17) is 9.47 Å². The number of benzene rings is 2. The third kappa shape index (κ3) is 3.59. The van der Waals surface area contributed by atoms with Crippen molar-refractivity contribution in [1.29, 1.82) is 5.26 Å². The summed E-state index contributed by atoms with van der Waals surface area (Å²) >= 11 is 0. The van der Waals surface area contributed by atoms with Crippen molar-refractivity contribution in [1.82, 2.24) is 0 Å². The average Bonchev–Trinajstić information content (AvgIpc) is 2.54. The second-order valence-corrected chi connectivity index (χ2v) is 5.28. The van der Waals surface area contributed by atoms with Gasteiger partial charge in [-0.2, -0.15) is 5.26 Å². The van der Waals surface area contributed by atoms with Gasteiger partial charge < -0.3 is 9.47 Å². The van der Waals surface area contributed by atoms with Gasteiger partial charge in [-0.15, -0.1) is 0 Å². The highest BCUT2D eigenvalue weighted by Crippen LogP contribution is 2.29. The molecule has 0 fully saturated rings. The number of ether oxygens (including phenoxy) is 2. The van der Waals surface area contributed by atoms with Crippen LogP contribution < -0.4 is 9.47 Å². The minimum Gasteiger partial charge on any atom is -0.496 e. The van der Waals surface area contributed by atoms with Crippen LogP contribution in [0.5, 0.6) is 11.5 Å². The van der Waals surface area contributed by atoms with Crippen LogP contribution in [0.3, 0.4) is 0 Å². The van der Waals surface area contributed by atoms with Gasteiger partial charge in [0, 0.05) is 12.0 Å². The van der Waals surface area contributed by atoms with Gasteiger partial charge in [0.25, 0.3) is 0 Å². The topological polar surface area (TPSA) is 42.2 Å². The Bertz CT molecular complexity index is 653. The molecular weight excluding hydrogens is 274 g/mol. The molecule has 2 rings (SSSR count). The Hall–Kier alpha value is -2.47. The van der Waals surface area contributed by atoms with Crippen LogP contribution in [0, 0.1) is 25.2 Å². The molecule has 0 aromatic heterocycles. The number of aryl methyl sites for hydroxylation is 2. The third-order valence-corrected chi connectivity index (χ3v) is 3.73. The molecule has 0 saturated heterocycles. The number of methoxy groups -OCH3 is 1. The van der Waals surface area contributed by atoms with E-state index < -0.39 is 0 Å².